The highest BCUT2D eigenvalue weighted by molar-refractivity contribution is 6.15. The molecule has 0 aromatic rings. The van der Waals surface area contributed by atoms with E-state index in [-0.39, 0.29) is 6.29 Å². The van der Waals surface area contributed by atoms with Gasteiger partial charge in [-0.05, 0) is 0 Å². The van der Waals surface area contributed by atoms with Gasteiger partial charge in [-0.3, -0.25) is 4.79 Å². The van der Waals surface area contributed by atoms with Gasteiger partial charge < -0.3 is 9.47 Å². The van der Waals surface area contributed by atoms with E-state index in [1.54, 1.807) is 0 Å². The van der Waals surface area contributed by atoms with Crippen LogP contribution in [0.2, 0.25) is 0 Å². The summed E-state index contributed by atoms with van der Waals surface area (Å²) >= 11 is 0. The van der Waals surface area contributed by atoms with Crippen molar-refractivity contribution in [2.75, 3.05) is 14.2 Å². The fraction of sp³-hybridized carbons (Fsp3) is 0.222. The van der Waals surface area contributed by atoms with Gasteiger partial charge in [0.25, 0.3) is 0 Å². The average Bonchev–Trinajstić information content (AvgIpc) is 2.23. The van der Waals surface area contributed by atoms with Gasteiger partial charge in [0.15, 0.2) is 6.29 Å². The van der Waals surface area contributed by atoms with E-state index in [4.69, 9.17) is 6.42 Å². The van der Waals surface area contributed by atoms with Crippen molar-refractivity contribution in [2.24, 2.45) is 0 Å². The molecule has 0 atom stereocenters. The molecule has 0 radical (unpaired) electrons. The van der Waals surface area contributed by atoms with Crippen LogP contribution < -0.4 is 0 Å². The Kier molecular flexibility index (Phi) is 4.71. The number of aldehydes is 1. The van der Waals surface area contributed by atoms with Crippen LogP contribution in [-0.4, -0.2) is 32.4 Å². The molecule has 0 saturated carbocycles. The highest BCUT2D eigenvalue weighted by Gasteiger charge is 2.20. The Morgan fingerprint density at radius 3 is 2.00 bits per heavy atom. The predicted octanol–water partition coefficient (Wildman–Crippen LogP) is -0.539. The van der Waals surface area contributed by atoms with E-state index >= 15 is 0 Å². The minimum absolute atomic E-state index is 0.151. The number of methoxy groups -OCH3 is 2. The summed E-state index contributed by atoms with van der Waals surface area (Å²) in [4.78, 5) is 32.4. The van der Waals surface area contributed by atoms with Gasteiger partial charge in [-0.2, -0.15) is 0 Å². The largest absolute Gasteiger partial charge is 0.465 e. The standard InChI is InChI=1S/C9H8O5/c1-4-6(8(11)13-2)7(5-10)9(12)14-3/h1,5H,2-3H3/b7-6+. The quantitative estimate of drug-likeness (QED) is 0.151. The van der Waals surface area contributed by atoms with E-state index in [9.17, 15) is 14.4 Å². The lowest BCUT2D eigenvalue weighted by Gasteiger charge is -2.01. The second-order valence-corrected chi connectivity index (χ2v) is 2.03. The molecule has 0 aliphatic carbocycles. The highest BCUT2D eigenvalue weighted by atomic mass is 16.5. The fourth-order valence-corrected chi connectivity index (χ4v) is 0.668. The zero-order valence-electron chi connectivity index (χ0n) is 7.70. The molecule has 14 heavy (non-hydrogen) atoms. The molecule has 0 amide bonds. The van der Waals surface area contributed by atoms with Crippen LogP contribution in [0.15, 0.2) is 11.1 Å². The third-order valence-corrected chi connectivity index (χ3v) is 1.33. The van der Waals surface area contributed by atoms with Gasteiger partial charge >= 0.3 is 11.9 Å². The van der Waals surface area contributed by atoms with Crippen molar-refractivity contribution in [2.45, 2.75) is 0 Å². The molecule has 0 aliphatic heterocycles. The van der Waals surface area contributed by atoms with Crippen LogP contribution >= 0.6 is 0 Å². The van der Waals surface area contributed by atoms with E-state index in [1.165, 1.54) is 0 Å². The van der Waals surface area contributed by atoms with Gasteiger partial charge in [-0.15, -0.1) is 6.42 Å². The molecule has 0 aromatic carbocycles. The van der Waals surface area contributed by atoms with Crippen LogP contribution in [0.1, 0.15) is 0 Å². The molecule has 74 valence electrons. The maximum absolute atomic E-state index is 11.0. The Labute approximate surface area is 80.7 Å². The number of hydrogen-bond donors (Lipinski definition) is 0. The van der Waals surface area contributed by atoms with Crippen molar-refractivity contribution in [3.63, 3.8) is 0 Å². The van der Waals surface area contributed by atoms with Crippen LogP contribution in [0, 0.1) is 12.3 Å². The summed E-state index contributed by atoms with van der Waals surface area (Å²) in [5.74, 6) is -0.0123. The number of carbonyl (C=O) groups excluding carboxylic acids is 3. The Hall–Kier alpha value is -2.09. The Bertz CT molecular complexity index is 332. The Morgan fingerprint density at radius 2 is 1.71 bits per heavy atom. The first-order valence-electron chi connectivity index (χ1n) is 3.45. The minimum atomic E-state index is -0.974. The molecule has 0 unspecified atom stereocenters. The van der Waals surface area contributed by atoms with E-state index in [2.05, 4.69) is 9.47 Å². The van der Waals surface area contributed by atoms with Gasteiger partial charge in [0.2, 0.25) is 0 Å². The van der Waals surface area contributed by atoms with Crippen LogP contribution in [-0.2, 0) is 23.9 Å². The summed E-state index contributed by atoms with van der Waals surface area (Å²) in [7, 11) is 2.15. The van der Waals surface area contributed by atoms with E-state index < -0.39 is 23.1 Å². The van der Waals surface area contributed by atoms with Crippen LogP contribution in [0.5, 0.6) is 0 Å². The van der Waals surface area contributed by atoms with E-state index in [0.29, 0.717) is 0 Å². The minimum Gasteiger partial charge on any atom is -0.465 e. The number of hydrogen-bond acceptors (Lipinski definition) is 5. The number of ether oxygens (including phenoxy) is 2. The van der Waals surface area contributed by atoms with E-state index in [1.807, 2.05) is 5.92 Å². The first-order chi connectivity index (χ1) is 6.62. The third-order valence-electron chi connectivity index (χ3n) is 1.33. The molecular weight excluding hydrogens is 188 g/mol. The lowest BCUT2D eigenvalue weighted by Crippen LogP contribution is -2.14. The fourth-order valence-electron chi connectivity index (χ4n) is 0.668. The lowest BCUT2D eigenvalue weighted by molar-refractivity contribution is -0.139. The normalized spacial score (nSPS) is 10.6. The zero-order chi connectivity index (χ0) is 11.1. The van der Waals surface area contributed by atoms with Crippen molar-refractivity contribution < 1.29 is 23.9 Å². The number of esters is 2. The van der Waals surface area contributed by atoms with Gasteiger partial charge in [0, 0.05) is 0 Å². The second kappa shape index (κ2) is 5.54. The Morgan fingerprint density at radius 1 is 1.21 bits per heavy atom. The predicted molar refractivity (Wildman–Crippen MR) is 46.0 cm³/mol. The van der Waals surface area contributed by atoms with Gasteiger partial charge in [-0.25, -0.2) is 9.59 Å². The molecule has 0 spiro atoms. The molecular formula is C9H8O5. The maximum atomic E-state index is 11.0. The van der Waals surface area contributed by atoms with Crippen molar-refractivity contribution in [3.05, 3.63) is 11.1 Å². The van der Waals surface area contributed by atoms with E-state index in [0.717, 1.165) is 14.2 Å². The first-order valence-corrected chi connectivity index (χ1v) is 3.45. The molecule has 0 bridgehead atoms. The van der Waals surface area contributed by atoms with Crippen LogP contribution in [0.4, 0.5) is 0 Å². The number of carbonyl (C=O) groups is 3. The SMILES string of the molecule is C#C/C(C(=O)OC)=C(/C=O)C(=O)OC. The molecule has 0 fully saturated rings. The Balaban J connectivity index is 5.36. The first kappa shape index (κ1) is 11.9. The molecule has 5 nitrogen and oxygen atoms in total. The smallest absolute Gasteiger partial charge is 0.347 e. The maximum Gasteiger partial charge on any atom is 0.347 e. The highest BCUT2D eigenvalue weighted by Crippen LogP contribution is 2.05. The average molecular weight is 196 g/mol. The zero-order valence-corrected chi connectivity index (χ0v) is 7.70. The molecule has 0 rings (SSSR count). The summed E-state index contributed by atoms with van der Waals surface area (Å²) in [5.41, 5.74) is -0.976. The van der Waals surface area contributed by atoms with Crippen molar-refractivity contribution in [1.29, 1.82) is 0 Å². The summed E-state index contributed by atoms with van der Waals surface area (Å²) in [6.07, 6.45) is 5.09. The van der Waals surface area contributed by atoms with Crippen LogP contribution in [0.25, 0.3) is 0 Å². The second-order valence-electron chi connectivity index (χ2n) is 2.03. The van der Waals surface area contributed by atoms with Crippen molar-refractivity contribution in [1.82, 2.24) is 0 Å². The molecule has 0 aromatic heterocycles. The topological polar surface area (TPSA) is 69.7 Å². The monoisotopic (exact) mass is 196 g/mol. The van der Waals surface area contributed by atoms with Gasteiger partial charge in [0.05, 0.1) is 14.2 Å². The molecule has 0 saturated heterocycles. The number of terminal acetylenes is 1. The molecule has 0 N–H and O–H groups in total. The van der Waals surface area contributed by atoms with Gasteiger partial charge in [-0.1, -0.05) is 5.92 Å². The number of rotatable bonds is 3. The van der Waals surface area contributed by atoms with Crippen molar-refractivity contribution in [3.8, 4) is 12.3 Å². The summed E-state index contributed by atoms with van der Waals surface area (Å²) < 4.78 is 8.52. The van der Waals surface area contributed by atoms with Crippen LogP contribution in [0.3, 0.4) is 0 Å². The summed E-state index contributed by atoms with van der Waals surface area (Å²) in [5, 5.41) is 0. The molecule has 5 heteroatoms. The summed E-state index contributed by atoms with van der Waals surface area (Å²) in [6, 6.07) is 0. The molecule has 0 aliphatic rings. The third kappa shape index (κ3) is 2.45. The van der Waals surface area contributed by atoms with Gasteiger partial charge in [0.1, 0.15) is 11.1 Å². The molecule has 0 heterocycles. The lowest BCUT2D eigenvalue weighted by atomic mass is 10.1. The summed E-state index contributed by atoms with van der Waals surface area (Å²) in [6.45, 7) is 0. The van der Waals surface area contributed by atoms with Crippen molar-refractivity contribution >= 4 is 18.2 Å².